The maximum absolute atomic E-state index is 11.2. The first kappa shape index (κ1) is 15.0. The molecule has 0 aliphatic heterocycles. The van der Waals surface area contributed by atoms with Crippen LogP contribution in [0.1, 0.15) is 18.9 Å². The summed E-state index contributed by atoms with van der Waals surface area (Å²) in [7, 11) is -0.754. The standard InChI is InChI=1S/C12H17Cl2NOS/c1-9(17(2)16)6-7-15-8-10-4-3-5-11(13)12(10)14/h3-5,9,15H,6-8H2,1-2H3. The zero-order chi connectivity index (χ0) is 12.8. The molecule has 5 heteroatoms. The summed E-state index contributed by atoms with van der Waals surface area (Å²) in [5, 5.41) is 4.68. The van der Waals surface area contributed by atoms with E-state index in [2.05, 4.69) is 5.32 Å². The molecule has 1 aromatic rings. The molecule has 0 radical (unpaired) electrons. The van der Waals surface area contributed by atoms with Crippen molar-refractivity contribution >= 4 is 34.0 Å². The highest BCUT2D eigenvalue weighted by Crippen LogP contribution is 2.25. The van der Waals surface area contributed by atoms with Gasteiger partial charge in [0.2, 0.25) is 0 Å². The Labute approximate surface area is 115 Å². The maximum atomic E-state index is 11.2. The van der Waals surface area contributed by atoms with E-state index in [0.717, 1.165) is 18.5 Å². The molecule has 0 spiro atoms. The first-order chi connectivity index (χ1) is 8.02. The lowest BCUT2D eigenvalue weighted by atomic mass is 10.2. The van der Waals surface area contributed by atoms with Gasteiger partial charge in [0, 0.05) is 28.9 Å². The van der Waals surface area contributed by atoms with Crippen molar-refractivity contribution in [2.75, 3.05) is 12.8 Å². The van der Waals surface area contributed by atoms with Crippen molar-refractivity contribution < 1.29 is 4.21 Å². The molecule has 2 unspecified atom stereocenters. The Bertz CT molecular complexity index is 398. The number of hydrogen-bond acceptors (Lipinski definition) is 2. The molecule has 0 bridgehead atoms. The second-order valence-electron chi connectivity index (χ2n) is 3.99. The molecule has 1 aromatic carbocycles. The average molecular weight is 294 g/mol. The van der Waals surface area contributed by atoms with Crippen molar-refractivity contribution in [3.63, 3.8) is 0 Å². The molecule has 1 N–H and O–H groups in total. The zero-order valence-corrected chi connectivity index (χ0v) is 12.3. The summed E-state index contributed by atoms with van der Waals surface area (Å²) in [6.07, 6.45) is 2.62. The van der Waals surface area contributed by atoms with Gasteiger partial charge in [-0.2, -0.15) is 0 Å². The molecule has 0 aliphatic rings. The second kappa shape index (κ2) is 7.37. The number of hydrogen-bond donors (Lipinski definition) is 1. The molecular formula is C12H17Cl2NOS. The van der Waals surface area contributed by atoms with E-state index >= 15 is 0 Å². The minimum atomic E-state index is -0.754. The fourth-order valence-corrected chi connectivity index (χ4v) is 2.22. The lowest BCUT2D eigenvalue weighted by Gasteiger charge is -2.10. The van der Waals surface area contributed by atoms with Crippen molar-refractivity contribution in [3.05, 3.63) is 33.8 Å². The monoisotopic (exact) mass is 293 g/mol. The van der Waals surface area contributed by atoms with Gasteiger partial charge in [0.15, 0.2) is 0 Å². The Balaban J connectivity index is 2.36. The van der Waals surface area contributed by atoms with Crippen LogP contribution in [-0.4, -0.2) is 22.3 Å². The number of halogens is 2. The van der Waals surface area contributed by atoms with Gasteiger partial charge in [-0.15, -0.1) is 0 Å². The number of nitrogens with one attached hydrogen (secondary N) is 1. The molecule has 17 heavy (non-hydrogen) atoms. The van der Waals surface area contributed by atoms with Crippen LogP contribution < -0.4 is 5.32 Å². The summed E-state index contributed by atoms with van der Waals surface area (Å²) >= 11 is 12.0. The van der Waals surface area contributed by atoms with Crippen molar-refractivity contribution in [3.8, 4) is 0 Å². The van der Waals surface area contributed by atoms with E-state index in [-0.39, 0.29) is 5.25 Å². The van der Waals surface area contributed by atoms with Gasteiger partial charge in [-0.3, -0.25) is 4.21 Å². The smallest absolute Gasteiger partial charge is 0.0637 e. The molecule has 0 aromatic heterocycles. The van der Waals surface area contributed by atoms with Gasteiger partial charge in [-0.25, -0.2) is 0 Å². The highest BCUT2D eigenvalue weighted by molar-refractivity contribution is 7.84. The van der Waals surface area contributed by atoms with Crippen LogP contribution in [0, 0.1) is 0 Å². The third-order valence-electron chi connectivity index (χ3n) is 2.64. The second-order valence-corrected chi connectivity index (χ2v) is 6.57. The Morgan fingerprint density at radius 3 is 2.76 bits per heavy atom. The highest BCUT2D eigenvalue weighted by Gasteiger charge is 2.06. The highest BCUT2D eigenvalue weighted by atomic mass is 35.5. The van der Waals surface area contributed by atoms with Crippen molar-refractivity contribution in [1.29, 1.82) is 0 Å². The topological polar surface area (TPSA) is 29.1 Å². The summed E-state index contributed by atoms with van der Waals surface area (Å²) in [6.45, 7) is 3.50. The fraction of sp³-hybridized carbons (Fsp3) is 0.500. The van der Waals surface area contributed by atoms with Crippen LogP contribution in [-0.2, 0) is 17.3 Å². The van der Waals surface area contributed by atoms with E-state index in [1.165, 1.54) is 0 Å². The molecule has 2 atom stereocenters. The third-order valence-corrected chi connectivity index (χ3v) is 4.87. The van der Waals surface area contributed by atoms with Crippen LogP contribution in [0.25, 0.3) is 0 Å². The van der Waals surface area contributed by atoms with E-state index in [4.69, 9.17) is 23.2 Å². The molecule has 1 rings (SSSR count). The van der Waals surface area contributed by atoms with Gasteiger partial charge < -0.3 is 5.32 Å². The van der Waals surface area contributed by atoms with Crippen LogP contribution in [0.4, 0.5) is 0 Å². The molecule has 0 heterocycles. The fourth-order valence-electron chi connectivity index (χ4n) is 1.38. The van der Waals surface area contributed by atoms with E-state index in [1.807, 2.05) is 19.1 Å². The number of rotatable bonds is 6. The maximum Gasteiger partial charge on any atom is 0.0637 e. The van der Waals surface area contributed by atoms with E-state index < -0.39 is 10.8 Å². The summed E-state index contributed by atoms with van der Waals surface area (Å²) < 4.78 is 11.2. The van der Waals surface area contributed by atoms with Gasteiger partial charge in [0.05, 0.1) is 10.0 Å². The van der Waals surface area contributed by atoms with E-state index in [9.17, 15) is 4.21 Å². The Kier molecular flexibility index (Phi) is 6.49. The first-order valence-corrected chi connectivity index (χ1v) is 7.86. The van der Waals surface area contributed by atoms with Gasteiger partial charge in [-0.05, 0) is 24.6 Å². The largest absolute Gasteiger partial charge is 0.313 e. The minimum absolute atomic E-state index is 0.220. The first-order valence-electron chi connectivity index (χ1n) is 5.48. The predicted octanol–water partition coefficient (Wildman–Crippen LogP) is 3.24. The van der Waals surface area contributed by atoms with Gasteiger partial charge in [-0.1, -0.05) is 42.3 Å². The van der Waals surface area contributed by atoms with Crippen LogP contribution in [0.5, 0.6) is 0 Å². The molecule has 0 saturated carbocycles. The van der Waals surface area contributed by atoms with Crippen LogP contribution >= 0.6 is 23.2 Å². The molecular weight excluding hydrogens is 277 g/mol. The van der Waals surface area contributed by atoms with Gasteiger partial charge >= 0.3 is 0 Å². The molecule has 0 fully saturated rings. The molecule has 0 amide bonds. The van der Waals surface area contributed by atoms with E-state index in [1.54, 1.807) is 12.3 Å². The van der Waals surface area contributed by atoms with Crippen molar-refractivity contribution in [2.24, 2.45) is 0 Å². The lowest BCUT2D eigenvalue weighted by Crippen LogP contribution is -2.21. The normalized spacial score (nSPS) is 14.6. The van der Waals surface area contributed by atoms with Crippen LogP contribution in [0.15, 0.2) is 18.2 Å². The number of benzene rings is 1. The Morgan fingerprint density at radius 1 is 1.41 bits per heavy atom. The third kappa shape index (κ3) is 4.96. The molecule has 96 valence electrons. The van der Waals surface area contributed by atoms with Gasteiger partial charge in [0.25, 0.3) is 0 Å². The molecule has 0 saturated heterocycles. The van der Waals surface area contributed by atoms with Crippen LogP contribution in [0.3, 0.4) is 0 Å². The average Bonchev–Trinajstić information content (AvgIpc) is 2.29. The Morgan fingerprint density at radius 2 is 2.12 bits per heavy atom. The van der Waals surface area contributed by atoms with Crippen molar-refractivity contribution in [1.82, 2.24) is 5.32 Å². The quantitative estimate of drug-likeness (QED) is 0.816. The molecule has 0 aliphatic carbocycles. The van der Waals surface area contributed by atoms with Crippen LogP contribution in [0.2, 0.25) is 10.0 Å². The summed E-state index contributed by atoms with van der Waals surface area (Å²) in [4.78, 5) is 0. The Hall–Kier alpha value is -0.0900. The molecule has 2 nitrogen and oxygen atoms in total. The SMILES string of the molecule is CC(CCNCc1cccc(Cl)c1Cl)S(C)=O. The van der Waals surface area contributed by atoms with Gasteiger partial charge in [0.1, 0.15) is 0 Å². The van der Waals surface area contributed by atoms with E-state index in [0.29, 0.717) is 16.6 Å². The zero-order valence-electron chi connectivity index (χ0n) is 10.0. The van der Waals surface area contributed by atoms with Crippen molar-refractivity contribution in [2.45, 2.75) is 25.1 Å². The minimum Gasteiger partial charge on any atom is -0.313 e. The lowest BCUT2D eigenvalue weighted by molar-refractivity contribution is 0.629. The summed E-state index contributed by atoms with van der Waals surface area (Å²) in [6, 6.07) is 5.60. The summed E-state index contributed by atoms with van der Waals surface area (Å²) in [5.74, 6) is 0. The summed E-state index contributed by atoms with van der Waals surface area (Å²) in [5.41, 5.74) is 0.990. The predicted molar refractivity (Wildman–Crippen MR) is 76.3 cm³/mol.